The van der Waals surface area contributed by atoms with Crippen molar-refractivity contribution in [3.63, 3.8) is 0 Å². The Morgan fingerprint density at radius 3 is 2.50 bits per heavy atom. The number of methoxy groups -OCH3 is 1. The Bertz CT molecular complexity index is 610. The zero-order chi connectivity index (χ0) is 16.6. The van der Waals surface area contributed by atoms with E-state index in [1.807, 2.05) is 18.2 Å². The van der Waals surface area contributed by atoms with Crippen LogP contribution in [0.3, 0.4) is 0 Å². The van der Waals surface area contributed by atoms with E-state index in [4.69, 9.17) is 9.47 Å². The van der Waals surface area contributed by atoms with Gasteiger partial charge in [0, 0.05) is 51.4 Å². The van der Waals surface area contributed by atoms with Gasteiger partial charge < -0.3 is 9.47 Å². The van der Waals surface area contributed by atoms with Gasteiger partial charge in [0.2, 0.25) is 0 Å². The number of hydrogen-bond acceptors (Lipinski definition) is 4. The molecule has 1 radical (unpaired) electrons. The van der Waals surface area contributed by atoms with Crippen LogP contribution >= 0.6 is 0 Å². The van der Waals surface area contributed by atoms with Crippen LogP contribution in [-0.4, -0.2) is 56.2 Å². The summed E-state index contributed by atoms with van der Waals surface area (Å²) in [5.74, 6) is 1.55. The second-order valence-electron chi connectivity index (χ2n) is 6.04. The molecule has 1 aliphatic rings. The molecule has 1 saturated heterocycles. The molecular weight excluding hydrogens is 300 g/mol. The van der Waals surface area contributed by atoms with E-state index in [9.17, 15) is 0 Å². The third-order valence-electron chi connectivity index (χ3n) is 4.36. The highest BCUT2D eigenvalue weighted by molar-refractivity contribution is 5.31. The summed E-state index contributed by atoms with van der Waals surface area (Å²) in [7, 11) is 1.66. The van der Waals surface area contributed by atoms with Crippen LogP contribution in [0.4, 0.5) is 0 Å². The first-order chi connectivity index (χ1) is 11.8. The number of rotatable bonds is 7. The quantitative estimate of drug-likeness (QED) is 0.781. The highest BCUT2D eigenvalue weighted by Crippen LogP contribution is 2.18. The first-order valence-electron chi connectivity index (χ1n) is 8.50. The van der Waals surface area contributed by atoms with Gasteiger partial charge in [-0.25, -0.2) is 0 Å². The molecule has 0 N–H and O–H groups in total. The van der Waals surface area contributed by atoms with Gasteiger partial charge in [-0.2, -0.15) is 0 Å². The standard InChI is InChI=1S/C20H25N2O2/c1-23-19-8-5-9-20(16-19)24-15-14-21-10-12-22(13-11-21)17-18-6-3-2-4-7-18/h2-8,16H,10-15,17H2,1H3. The van der Waals surface area contributed by atoms with Crippen molar-refractivity contribution in [2.45, 2.75) is 6.54 Å². The number of nitrogens with zero attached hydrogens (tertiary/aromatic N) is 2. The molecule has 4 heteroatoms. The molecule has 0 saturated carbocycles. The predicted molar refractivity (Wildman–Crippen MR) is 95.5 cm³/mol. The molecular formula is C20H25N2O2. The molecule has 4 nitrogen and oxygen atoms in total. The molecule has 0 unspecified atom stereocenters. The zero-order valence-corrected chi connectivity index (χ0v) is 14.3. The fourth-order valence-corrected chi connectivity index (χ4v) is 2.93. The second-order valence-corrected chi connectivity index (χ2v) is 6.04. The zero-order valence-electron chi connectivity index (χ0n) is 14.3. The van der Waals surface area contributed by atoms with Crippen LogP contribution in [0, 0.1) is 6.07 Å². The first-order valence-corrected chi connectivity index (χ1v) is 8.50. The summed E-state index contributed by atoms with van der Waals surface area (Å²) >= 11 is 0. The molecule has 3 rings (SSSR count). The maximum Gasteiger partial charge on any atom is 0.131 e. The Balaban J connectivity index is 1.36. The van der Waals surface area contributed by atoms with Gasteiger partial charge in [0.15, 0.2) is 0 Å². The van der Waals surface area contributed by atoms with E-state index in [-0.39, 0.29) is 0 Å². The lowest BCUT2D eigenvalue weighted by molar-refractivity contribution is 0.112. The maximum atomic E-state index is 5.78. The van der Waals surface area contributed by atoms with Gasteiger partial charge in [-0.15, -0.1) is 0 Å². The average molecular weight is 325 g/mol. The van der Waals surface area contributed by atoms with E-state index in [2.05, 4.69) is 46.2 Å². The normalized spacial score (nSPS) is 16.0. The van der Waals surface area contributed by atoms with Crippen molar-refractivity contribution in [3.8, 4) is 11.5 Å². The number of piperazine rings is 1. The molecule has 2 aromatic rings. The topological polar surface area (TPSA) is 24.9 Å². The first kappa shape index (κ1) is 16.8. The summed E-state index contributed by atoms with van der Waals surface area (Å²) in [6, 6.07) is 19.4. The van der Waals surface area contributed by atoms with Crippen molar-refractivity contribution < 1.29 is 9.47 Å². The SMILES string of the molecule is COc1cc[c]c(OCCN2CCN(Cc3ccccc3)CC2)c1. The molecule has 0 aliphatic carbocycles. The van der Waals surface area contributed by atoms with Gasteiger partial charge in [-0.3, -0.25) is 9.80 Å². The van der Waals surface area contributed by atoms with Crippen LogP contribution in [-0.2, 0) is 6.54 Å². The highest BCUT2D eigenvalue weighted by Gasteiger charge is 2.16. The third kappa shape index (κ3) is 4.98. The number of ether oxygens (including phenoxy) is 2. The predicted octanol–water partition coefficient (Wildman–Crippen LogP) is 2.69. The van der Waals surface area contributed by atoms with E-state index >= 15 is 0 Å². The maximum absolute atomic E-state index is 5.78. The van der Waals surface area contributed by atoms with Crippen molar-refractivity contribution >= 4 is 0 Å². The highest BCUT2D eigenvalue weighted by atomic mass is 16.5. The number of benzene rings is 2. The van der Waals surface area contributed by atoms with Crippen LogP contribution in [0.25, 0.3) is 0 Å². The fourth-order valence-electron chi connectivity index (χ4n) is 2.93. The van der Waals surface area contributed by atoms with E-state index in [1.165, 1.54) is 5.56 Å². The minimum absolute atomic E-state index is 0.683. The summed E-state index contributed by atoms with van der Waals surface area (Å²) in [6.07, 6.45) is 0. The van der Waals surface area contributed by atoms with Crippen molar-refractivity contribution in [2.75, 3.05) is 46.4 Å². The molecule has 127 valence electrons. The van der Waals surface area contributed by atoms with Gasteiger partial charge in [0.1, 0.15) is 18.1 Å². The largest absolute Gasteiger partial charge is 0.497 e. The second kappa shape index (κ2) is 8.71. The Morgan fingerprint density at radius 2 is 1.75 bits per heavy atom. The molecule has 0 amide bonds. The van der Waals surface area contributed by atoms with Crippen molar-refractivity contribution in [3.05, 3.63) is 60.2 Å². The van der Waals surface area contributed by atoms with Gasteiger partial charge in [0.25, 0.3) is 0 Å². The van der Waals surface area contributed by atoms with Gasteiger partial charge >= 0.3 is 0 Å². The molecule has 1 aliphatic heterocycles. The molecule has 2 aromatic carbocycles. The summed E-state index contributed by atoms with van der Waals surface area (Å²) < 4.78 is 11.0. The lowest BCUT2D eigenvalue weighted by atomic mass is 10.2. The molecule has 0 bridgehead atoms. The molecule has 1 fully saturated rings. The van der Waals surface area contributed by atoms with Crippen LogP contribution in [0.15, 0.2) is 48.5 Å². The lowest BCUT2D eigenvalue weighted by Gasteiger charge is -2.34. The van der Waals surface area contributed by atoms with Gasteiger partial charge in [-0.05, 0) is 17.7 Å². The van der Waals surface area contributed by atoms with Gasteiger partial charge in [0.05, 0.1) is 7.11 Å². The summed E-state index contributed by atoms with van der Waals surface area (Å²) in [4.78, 5) is 4.98. The molecule has 0 aromatic heterocycles. The van der Waals surface area contributed by atoms with Gasteiger partial charge in [-0.1, -0.05) is 30.3 Å². The Morgan fingerprint density at radius 1 is 1.00 bits per heavy atom. The Hall–Kier alpha value is -2.04. The molecule has 0 atom stereocenters. The van der Waals surface area contributed by atoms with Crippen molar-refractivity contribution in [1.29, 1.82) is 0 Å². The molecule has 1 heterocycles. The van der Waals surface area contributed by atoms with E-state index in [1.54, 1.807) is 7.11 Å². The molecule has 0 spiro atoms. The smallest absolute Gasteiger partial charge is 0.131 e. The number of hydrogen-bond donors (Lipinski definition) is 0. The van der Waals surface area contributed by atoms with E-state index < -0.39 is 0 Å². The van der Waals surface area contributed by atoms with Crippen LogP contribution in [0.1, 0.15) is 5.56 Å². The van der Waals surface area contributed by atoms with Crippen LogP contribution in [0.5, 0.6) is 11.5 Å². The van der Waals surface area contributed by atoms with Crippen LogP contribution < -0.4 is 9.47 Å². The minimum atomic E-state index is 0.683. The van der Waals surface area contributed by atoms with Crippen molar-refractivity contribution in [1.82, 2.24) is 9.80 Å². The lowest BCUT2D eigenvalue weighted by Crippen LogP contribution is -2.47. The summed E-state index contributed by atoms with van der Waals surface area (Å²) in [5.41, 5.74) is 1.39. The van der Waals surface area contributed by atoms with E-state index in [0.29, 0.717) is 6.61 Å². The molecule has 24 heavy (non-hydrogen) atoms. The van der Waals surface area contributed by atoms with E-state index in [0.717, 1.165) is 50.8 Å². The summed E-state index contributed by atoms with van der Waals surface area (Å²) in [6.45, 7) is 7.09. The third-order valence-corrected chi connectivity index (χ3v) is 4.36. The van der Waals surface area contributed by atoms with Crippen molar-refractivity contribution in [2.24, 2.45) is 0 Å². The van der Waals surface area contributed by atoms with Crippen LogP contribution in [0.2, 0.25) is 0 Å². The fraction of sp³-hybridized carbons (Fsp3) is 0.400. The average Bonchev–Trinajstić information content (AvgIpc) is 2.64. The Kier molecular flexibility index (Phi) is 6.10. The minimum Gasteiger partial charge on any atom is -0.497 e. The Labute approximate surface area is 144 Å². The summed E-state index contributed by atoms with van der Waals surface area (Å²) in [5, 5.41) is 0. The monoisotopic (exact) mass is 325 g/mol.